The number of benzene rings is 1. The molecule has 1 aromatic rings. The van der Waals surface area contributed by atoms with Crippen molar-refractivity contribution in [2.45, 2.75) is 64.8 Å². The number of carbonyl (C=O) groups excluding carboxylic acids is 1. The highest BCUT2D eigenvalue weighted by Crippen LogP contribution is 2.23. The van der Waals surface area contributed by atoms with Crippen molar-refractivity contribution in [1.29, 1.82) is 0 Å². The Hall–Kier alpha value is -1.40. The summed E-state index contributed by atoms with van der Waals surface area (Å²) >= 11 is 0. The number of likely N-dealkylation sites (tertiary alicyclic amines) is 1. The van der Waals surface area contributed by atoms with Gasteiger partial charge in [-0.25, -0.2) is 8.42 Å². The lowest BCUT2D eigenvalue weighted by Crippen LogP contribution is -2.48. The number of amides is 1. The summed E-state index contributed by atoms with van der Waals surface area (Å²) in [7, 11) is -3.76. The second-order valence-electron chi connectivity index (χ2n) is 7.56. The summed E-state index contributed by atoms with van der Waals surface area (Å²) in [4.78, 5) is 14.9. The molecular weight excluding hydrogens is 336 g/mol. The molecule has 1 N–H and O–H groups in total. The Morgan fingerprint density at radius 2 is 1.64 bits per heavy atom. The van der Waals surface area contributed by atoms with Gasteiger partial charge in [0.1, 0.15) is 6.04 Å². The third kappa shape index (κ3) is 4.82. The molecule has 140 valence electrons. The molecule has 0 unspecified atom stereocenters. The van der Waals surface area contributed by atoms with Gasteiger partial charge in [-0.1, -0.05) is 31.5 Å². The summed E-state index contributed by atoms with van der Waals surface area (Å²) in [6.45, 7) is 11.0. The van der Waals surface area contributed by atoms with E-state index in [1.54, 1.807) is 18.7 Å². The highest BCUT2D eigenvalue weighted by molar-refractivity contribution is 7.89. The smallest absolute Gasteiger partial charge is 0.241 e. The lowest BCUT2D eigenvalue weighted by atomic mass is 10.0. The normalized spacial score (nSPS) is 16.5. The van der Waals surface area contributed by atoms with Gasteiger partial charge in [0.2, 0.25) is 15.9 Å². The Labute approximate surface area is 151 Å². The topological polar surface area (TPSA) is 66.5 Å². The molecule has 1 heterocycles. The number of rotatable bonds is 6. The molecule has 1 aliphatic heterocycles. The first-order chi connectivity index (χ1) is 11.6. The average molecular weight is 367 g/mol. The lowest BCUT2D eigenvalue weighted by molar-refractivity contribution is -0.132. The maximum atomic E-state index is 13.0. The van der Waals surface area contributed by atoms with Crippen LogP contribution in [0.2, 0.25) is 0 Å². The fourth-order valence-electron chi connectivity index (χ4n) is 3.67. The summed E-state index contributed by atoms with van der Waals surface area (Å²) in [6.07, 6.45) is 2.48. The Morgan fingerprint density at radius 1 is 1.12 bits per heavy atom. The number of nitrogens with zero attached hydrogens (tertiary/aromatic N) is 1. The van der Waals surface area contributed by atoms with Crippen molar-refractivity contribution in [3.8, 4) is 0 Å². The van der Waals surface area contributed by atoms with Gasteiger partial charge in [0.05, 0.1) is 4.90 Å². The van der Waals surface area contributed by atoms with E-state index in [0.29, 0.717) is 22.4 Å². The molecule has 1 aliphatic rings. The minimum Gasteiger partial charge on any atom is -0.341 e. The molecule has 0 radical (unpaired) electrons. The van der Waals surface area contributed by atoms with Gasteiger partial charge in [0, 0.05) is 13.1 Å². The molecule has 0 saturated carbocycles. The van der Waals surface area contributed by atoms with Crippen LogP contribution in [0.3, 0.4) is 0 Å². The van der Waals surface area contributed by atoms with Gasteiger partial charge < -0.3 is 4.90 Å². The Balaban J connectivity index is 2.32. The maximum absolute atomic E-state index is 13.0. The molecule has 2 rings (SSSR count). The van der Waals surface area contributed by atoms with E-state index in [1.807, 2.05) is 32.9 Å². The number of aryl methyl sites for hydroxylation is 3. The lowest BCUT2D eigenvalue weighted by Gasteiger charge is -2.26. The standard InChI is InChI=1S/C19H30N2O3S/c1-13(2)10-17(19(22)21-8-6-7-9-21)20-25(23,24)18-15(4)11-14(3)12-16(18)5/h11-13,17,20H,6-10H2,1-5H3/t17-/m1/s1. The van der Waals surface area contributed by atoms with Crippen molar-refractivity contribution < 1.29 is 13.2 Å². The molecule has 1 amide bonds. The molecular formula is C19H30N2O3S. The third-order valence-corrected chi connectivity index (χ3v) is 6.37. The van der Waals surface area contributed by atoms with Crippen LogP contribution < -0.4 is 4.72 Å². The van der Waals surface area contributed by atoms with Gasteiger partial charge in [0.25, 0.3) is 0 Å². The van der Waals surface area contributed by atoms with Crippen LogP contribution in [0.25, 0.3) is 0 Å². The second-order valence-corrected chi connectivity index (χ2v) is 9.21. The van der Waals surface area contributed by atoms with Gasteiger partial charge >= 0.3 is 0 Å². The summed E-state index contributed by atoms with van der Waals surface area (Å²) in [5, 5.41) is 0. The zero-order valence-electron chi connectivity index (χ0n) is 15.9. The molecule has 1 atom stereocenters. The van der Waals surface area contributed by atoms with E-state index in [9.17, 15) is 13.2 Å². The fraction of sp³-hybridized carbons (Fsp3) is 0.632. The molecule has 6 heteroatoms. The first kappa shape index (κ1) is 19.9. The summed E-state index contributed by atoms with van der Waals surface area (Å²) in [6, 6.07) is 3.02. The van der Waals surface area contributed by atoms with Gasteiger partial charge in [-0.05, 0) is 57.1 Å². The zero-order chi connectivity index (χ0) is 18.8. The molecule has 25 heavy (non-hydrogen) atoms. The number of nitrogens with one attached hydrogen (secondary N) is 1. The van der Waals surface area contributed by atoms with Gasteiger partial charge in [-0.2, -0.15) is 4.72 Å². The van der Waals surface area contributed by atoms with Crippen LogP contribution in [0.15, 0.2) is 17.0 Å². The molecule has 0 aromatic heterocycles. The van der Waals surface area contributed by atoms with Crippen LogP contribution in [0, 0.1) is 26.7 Å². The van der Waals surface area contributed by atoms with E-state index in [0.717, 1.165) is 31.5 Å². The largest absolute Gasteiger partial charge is 0.341 e. The molecule has 0 aliphatic carbocycles. The highest BCUT2D eigenvalue weighted by Gasteiger charge is 2.32. The minimum absolute atomic E-state index is 0.0998. The molecule has 0 spiro atoms. The van der Waals surface area contributed by atoms with Crippen molar-refractivity contribution in [2.75, 3.05) is 13.1 Å². The van der Waals surface area contributed by atoms with Gasteiger partial charge in [0.15, 0.2) is 0 Å². The Kier molecular flexibility index (Phi) is 6.27. The van der Waals surface area contributed by atoms with E-state index in [-0.39, 0.29) is 11.8 Å². The second kappa shape index (κ2) is 7.87. The van der Waals surface area contributed by atoms with Crippen LogP contribution in [0.5, 0.6) is 0 Å². The van der Waals surface area contributed by atoms with E-state index in [4.69, 9.17) is 0 Å². The molecule has 5 nitrogen and oxygen atoms in total. The fourth-order valence-corrected chi connectivity index (χ4v) is 5.32. The van der Waals surface area contributed by atoms with E-state index >= 15 is 0 Å². The Morgan fingerprint density at radius 3 is 2.12 bits per heavy atom. The monoisotopic (exact) mass is 366 g/mol. The molecule has 1 saturated heterocycles. The summed E-state index contributed by atoms with van der Waals surface area (Å²) < 4.78 is 28.7. The molecule has 1 aromatic carbocycles. The molecule has 0 bridgehead atoms. The van der Waals surface area contributed by atoms with Crippen molar-refractivity contribution in [3.63, 3.8) is 0 Å². The van der Waals surface area contributed by atoms with E-state index < -0.39 is 16.1 Å². The summed E-state index contributed by atoms with van der Waals surface area (Å²) in [5.74, 6) is 0.122. The van der Waals surface area contributed by atoms with Crippen molar-refractivity contribution >= 4 is 15.9 Å². The SMILES string of the molecule is Cc1cc(C)c(S(=O)(=O)N[C@H](CC(C)C)C(=O)N2CCCC2)c(C)c1. The quantitative estimate of drug-likeness (QED) is 0.842. The van der Waals surface area contributed by atoms with Crippen LogP contribution >= 0.6 is 0 Å². The van der Waals surface area contributed by atoms with Crippen molar-refractivity contribution in [1.82, 2.24) is 9.62 Å². The molecule has 1 fully saturated rings. The predicted molar refractivity (Wildman–Crippen MR) is 100 cm³/mol. The van der Waals surface area contributed by atoms with E-state index in [2.05, 4.69) is 4.72 Å². The third-order valence-electron chi connectivity index (χ3n) is 4.59. The maximum Gasteiger partial charge on any atom is 0.241 e. The highest BCUT2D eigenvalue weighted by atomic mass is 32.2. The average Bonchev–Trinajstić information content (AvgIpc) is 2.97. The summed E-state index contributed by atoms with van der Waals surface area (Å²) in [5.41, 5.74) is 2.45. The predicted octanol–water partition coefficient (Wildman–Crippen LogP) is 2.93. The number of carbonyl (C=O) groups is 1. The van der Waals surface area contributed by atoms with Crippen LogP contribution in [0.4, 0.5) is 0 Å². The van der Waals surface area contributed by atoms with Crippen molar-refractivity contribution in [3.05, 3.63) is 28.8 Å². The number of sulfonamides is 1. The van der Waals surface area contributed by atoms with Crippen LogP contribution in [-0.2, 0) is 14.8 Å². The first-order valence-corrected chi connectivity index (χ1v) is 10.5. The van der Waals surface area contributed by atoms with E-state index in [1.165, 1.54) is 0 Å². The zero-order valence-corrected chi connectivity index (χ0v) is 16.7. The van der Waals surface area contributed by atoms with Gasteiger partial charge in [-0.3, -0.25) is 4.79 Å². The number of hydrogen-bond donors (Lipinski definition) is 1. The minimum atomic E-state index is -3.76. The Bertz CT molecular complexity index is 712. The van der Waals surface area contributed by atoms with Crippen LogP contribution in [0.1, 0.15) is 49.8 Å². The van der Waals surface area contributed by atoms with Crippen LogP contribution in [-0.4, -0.2) is 38.4 Å². The van der Waals surface area contributed by atoms with Gasteiger partial charge in [-0.15, -0.1) is 0 Å². The van der Waals surface area contributed by atoms with Crippen molar-refractivity contribution in [2.24, 2.45) is 5.92 Å². The number of hydrogen-bond acceptors (Lipinski definition) is 3. The first-order valence-electron chi connectivity index (χ1n) is 9.01.